The van der Waals surface area contributed by atoms with E-state index in [0.29, 0.717) is 16.1 Å². The van der Waals surface area contributed by atoms with Gasteiger partial charge in [0.1, 0.15) is 12.4 Å². The molecule has 3 aromatic rings. The van der Waals surface area contributed by atoms with Gasteiger partial charge in [0.25, 0.3) is 0 Å². The van der Waals surface area contributed by atoms with Gasteiger partial charge >= 0.3 is 0 Å². The zero-order chi connectivity index (χ0) is 15.0. The van der Waals surface area contributed by atoms with Crippen LogP contribution in [0.1, 0.15) is 0 Å². The molecule has 5 heteroatoms. The fourth-order valence-corrected chi connectivity index (χ4v) is 2.63. The summed E-state index contributed by atoms with van der Waals surface area (Å²) >= 11 is 6.04. The van der Waals surface area contributed by atoms with Crippen molar-refractivity contribution >= 4 is 28.4 Å². The van der Waals surface area contributed by atoms with Crippen LogP contribution in [0.2, 0.25) is 5.02 Å². The fourth-order valence-electron chi connectivity index (χ4n) is 2.46. The number of benzene rings is 2. The summed E-state index contributed by atoms with van der Waals surface area (Å²) in [5.41, 5.74) is 7.20. The summed E-state index contributed by atoms with van der Waals surface area (Å²) < 4.78 is 15.7. The van der Waals surface area contributed by atoms with Gasteiger partial charge in [-0.2, -0.15) is 0 Å². The monoisotopic (exact) mass is 302 g/mol. The quantitative estimate of drug-likeness (QED) is 0.789. The van der Waals surface area contributed by atoms with Gasteiger partial charge in [-0.1, -0.05) is 29.8 Å². The minimum Gasteiger partial charge on any atom is -0.368 e. The third-order valence-corrected chi connectivity index (χ3v) is 3.57. The van der Waals surface area contributed by atoms with Gasteiger partial charge in [-0.3, -0.25) is 4.79 Å². The lowest BCUT2D eigenvalue weighted by Crippen LogP contribution is -2.17. The number of carbonyl (C=O) groups is 1. The summed E-state index contributed by atoms with van der Waals surface area (Å²) in [5.74, 6) is -0.780. The van der Waals surface area contributed by atoms with E-state index < -0.39 is 5.91 Å². The van der Waals surface area contributed by atoms with Crippen LogP contribution >= 0.6 is 11.6 Å². The van der Waals surface area contributed by atoms with Gasteiger partial charge in [0.15, 0.2) is 0 Å². The zero-order valence-corrected chi connectivity index (χ0v) is 11.8. The van der Waals surface area contributed by atoms with Crippen molar-refractivity contribution in [3.63, 3.8) is 0 Å². The van der Waals surface area contributed by atoms with Gasteiger partial charge in [0, 0.05) is 33.2 Å². The summed E-state index contributed by atoms with van der Waals surface area (Å²) in [4.78, 5) is 11.2. The second kappa shape index (κ2) is 5.22. The molecule has 0 fully saturated rings. The van der Waals surface area contributed by atoms with Gasteiger partial charge < -0.3 is 10.3 Å². The van der Waals surface area contributed by atoms with E-state index in [1.165, 1.54) is 6.07 Å². The van der Waals surface area contributed by atoms with Gasteiger partial charge in [0.05, 0.1) is 0 Å². The first-order chi connectivity index (χ1) is 10.1. The highest BCUT2D eigenvalue weighted by Gasteiger charge is 2.14. The normalized spacial score (nSPS) is 11.0. The molecule has 0 bridgehead atoms. The summed E-state index contributed by atoms with van der Waals surface area (Å²) in [6.45, 7) is 0.0343. The zero-order valence-electron chi connectivity index (χ0n) is 11.0. The molecule has 1 amide bonds. The van der Waals surface area contributed by atoms with Crippen LogP contribution in [0.3, 0.4) is 0 Å². The predicted molar refractivity (Wildman–Crippen MR) is 81.5 cm³/mol. The molecule has 0 atom stereocenters. The molecular formula is C16H12ClFN2O. The molecule has 2 aromatic carbocycles. The molecule has 1 heterocycles. The smallest absolute Gasteiger partial charge is 0.237 e. The van der Waals surface area contributed by atoms with Crippen LogP contribution in [0.15, 0.2) is 48.7 Å². The standard InChI is InChI=1S/C16H12ClFN2O/c17-10-5-6-15-12(7-10)13(8-20(15)9-16(19)21)11-3-1-2-4-14(11)18/h1-8H,9H2,(H2,19,21). The van der Waals surface area contributed by atoms with Crippen molar-refractivity contribution in [3.05, 3.63) is 59.5 Å². The molecule has 3 nitrogen and oxygen atoms in total. The van der Waals surface area contributed by atoms with Gasteiger partial charge in [-0.25, -0.2) is 4.39 Å². The Labute approximate surface area is 125 Å². The van der Waals surface area contributed by atoms with Crippen molar-refractivity contribution in [1.82, 2.24) is 4.57 Å². The second-order valence-electron chi connectivity index (χ2n) is 4.78. The Balaban J connectivity index is 2.29. The number of rotatable bonds is 3. The molecule has 0 saturated carbocycles. The van der Waals surface area contributed by atoms with E-state index in [2.05, 4.69) is 0 Å². The lowest BCUT2D eigenvalue weighted by Gasteiger charge is -2.01. The SMILES string of the molecule is NC(=O)Cn1cc(-c2ccccc2F)c2cc(Cl)ccc21. The van der Waals surface area contributed by atoms with Crippen LogP contribution in [-0.4, -0.2) is 10.5 Å². The van der Waals surface area contributed by atoms with Crippen LogP contribution in [0, 0.1) is 5.82 Å². The molecule has 0 spiro atoms. The molecule has 0 saturated heterocycles. The lowest BCUT2D eigenvalue weighted by atomic mass is 10.0. The average Bonchev–Trinajstić information content (AvgIpc) is 2.76. The lowest BCUT2D eigenvalue weighted by molar-refractivity contribution is -0.118. The Morgan fingerprint density at radius 2 is 1.95 bits per heavy atom. The third-order valence-electron chi connectivity index (χ3n) is 3.33. The maximum atomic E-state index is 14.0. The maximum Gasteiger partial charge on any atom is 0.237 e. The van der Waals surface area contributed by atoms with Crippen LogP contribution in [-0.2, 0) is 11.3 Å². The molecule has 0 radical (unpaired) electrons. The Bertz CT molecular complexity index is 841. The van der Waals surface area contributed by atoms with Gasteiger partial charge in [0.2, 0.25) is 5.91 Å². The average molecular weight is 303 g/mol. The number of hydrogen-bond donors (Lipinski definition) is 1. The largest absolute Gasteiger partial charge is 0.368 e. The van der Waals surface area contributed by atoms with Crippen molar-refractivity contribution in [2.45, 2.75) is 6.54 Å². The highest BCUT2D eigenvalue weighted by molar-refractivity contribution is 6.31. The van der Waals surface area contributed by atoms with E-state index in [0.717, 1.165) is 10.9 Å². The molecule has 3 rings (SSSR count). The number of amides is 1. The van der Waals surface area contributed by atoms with Crippen LogP contribution in [0.5, 0.6) is 0 Å². The van der Waals surface area contributed by atoms with Crippen molar-refractivity contribution in [3.8, 4) is 11.1 Å². The van der Waals surface area contributed by atoms with E-state index in [1.807, 2.05) is 0 Å². The predicted octanol–water partition coefficient (Wildman–Crippen LogP) is 3.59. The maximum absolute atomic E-state index is 14.0. The number of halogens is 2. The third kappa shape index (κ3) is 2.50. The van der Waals surface area contributed by atoms with Crippen LogP contribution < -0.4 is 5.73 Å². The van der Waals surface area contributed by atoms with E-state index in [4.69, 9.17) is 17.3 Å². The Kier molecular flexibility index (Phi) is 3.39. The van der Waals surface area contributed by atoms with Crippen molar-refractivity contribution < 1.29 is 9.18 Å². The first kappa shape index (κ1) is 13.6. The molecule has 21 heavy (non-hydrogen) atoms. The minimum absolute atomic E-state index is 0.0343. The molecule has 106 valence electrons. The molecule has 0 aliphatic rings. The van der Waals surface area contributed by atoms with E-state index in [9.17, 15) is 9.18 Å². The van der Waals surface area contributed by atoms with Crippen molar-refractivity contribution in [2.75, 3.05) is 0 Å². The van der Waals surface area contributed by atoms with Crippen molar-refractivity contribution in [2.24, 2.45) is 5.73 Å². The summed E-state index contributed by atoms with van der Waals surface area (Å²) in [7, 11) is 0. The first-order valence-corrected chi connectivity index (χ1v) is 6.75. The number of fused-ring (bicyclic) bond motifs is 1. The number of carbonyl (C=O) groups excluding carboxylic acids is 1. The van der Waals surface area contributed by atoms with Gasteiger partial charge in [-0.05, 0) is 24.3 Å². The Morgan fingerprint density at radius 3 is 2.67 bits per heavy atom. The molecule has 0 aliphatic heterocycles. The Morgan fingerprint density at radius 1 is 1.19 bits per heavy atom. The van der Waals surface area contributed by atoms with E-state index in [1.54, 1.807) is 47.2 Å². The Hall–Kier alpha value is -2.33. The summed E-state index contributed by atoms with van der Waals surface area (Å²) in [5, 5.41) is 1.34. The highest BCUT2D eigenvalue weighted by Crippen LogP contribution is 2.33. The number of aromatic nitrogens is 1. The minimum atomic E-state index is -0.457. The van der Waals surface area contributed by atoms with Crippen molar-refractivity contribution in [1.29, 1.82) is 0 Å². The first-order valence-electron chi connectivity index (χ1n) is 6.38. The number of nitrogens with zero attached hydrogens (tertiary/aromatic N) is 1. The van der Waals surface area contributed by atoms with E-state index >= 15 is 0 Å². The number of nitrogens with two attached hydrogens (primary N) is 1. The molecule has 2 N–H and O–H groups in total. The summed E-state index contributed by atoms with van der Waals surface area (Å²) in [6.07, 6.45) is 1.73. The molecular weight excluding hydrogens is 291 g/mol. The van der Waals surface area contributed by atoms with E-state index in [-0.39, 0.29) is 12.4 Å². The number of hydrogen-bond acceptors (Lipinski definition) is 1. The second-order valence-corrected chi connectivity index (χ2v) is 5.21. The molecule has 0 aliphatic carbocycles. The molecule has 0 unspecified atom stereocenters. The van der Waals surface area contributed by atoms with Gasteiger partial charge in [-0.15, -0.1) is 0 Å². The van der Waals surface area contributed by atoms with Crippen LogP contribution in [0.4, 0.5) is 4.39 Å². The topological polar surface area (TPSA) is 48.0 Å². The fraction of sp³-hybridized carbons (Fsp3) is 0.0625. The highest BCUT2D eigenvalue weighted by atomic mass is 35.5. The summed E-state index contributed by atoms with van der Waals surface area (Å²) in [6, 6.07) is 11.8. The molecule has 1 aromatic heterocycles. The van der Waals surface area contributed by atoms with Crippen LogP contribution in [0.25, 0.3) is 22.0 Å². The number of primary amides is 1.